The molecule has 4 amide bonds. The summed E-state index contributed by atoms with van der Waals surface area (Å²) in [5.41, 5.74) is 1.48. The van der Waals surface area contributed by atoms with Crippen LogP contribution in [0.15, 0.2) is 75.2 Å². The van der Waals surface area contributed by atoms with E-state index in [0.29, 0.717) is 25.3 Å². The number of hydrogen-bond acceptors (Lipinski definition) is 5. The van der Waals surface area contributed by atoms with Crippen molar-refractivity contribution in [2.24, 2.45) is 0 Å². The van der Waals surface area contributed by atoms with Gasteiger partial charge < -0.3 is 9.84 Å². The van der Waals surface area contributed by atoms with E-state index in [0.717, 1.165) is 10.5 Å². The first kappa shape index (κ1) is 25.6. The van der Waals surface area contributed by atoms with Crippen molar-refractivity contribution in [1.29, 1.82) is 0 Å². The summed E-state index contributed by atoms with van der Waals surface area (Å²) in [4.78, 5) is 49.7. The van der Waals surface area contributed by atoms with Crippen LogP contribution in [0.5, 0.6) is 5.75 Å². The number of nitrogens with zero attached hydrogens (tertiary/aromatic N) is 1. The van der Waals surface area contributed by atoms with E-state index in [9.17, 15) is 19.2 Å². The number of carboxylic acid groups (broad SMARTS) is 1. The van der Waals surface area contributed by atoms with Crippen LogP contribution in [-0.2, 0) is 16.2 Å². The zero-order valence-corrected chi connectivity index (χ0v) is 22.1. The fourth-order valence-corrected chi connectivity index (χ4v) is 4.93. The summed E-state index contributed by atoms with van der Waals surface area (Å²) in [6, 6.07) is 14.8. The van der Waals surface area contributed by atoms with Gasteiger partial charge in [-0.25, -0.2) is 14.5 Å². The van der Waals surface area contributed by atoms with Crippen molar-refractivity contribution in [3.63, 3.8) is 0 Å². The Balaban J connectivity index is 1.57. The van der Waals surface area contributed by atoms with E-state index < -0.39 is 23.8 Å². The fraction of sp³-hybridized carbons (Fsp3) is 0.0400. The first-order valence-electron chi connectivity index (χ1n) is 10.2. The number of nitrogens with one attached hydrogen (secondary N) is 1. The van der Waals surface area contributed by atoms with Crippen LogP contribution in [-0.4, -0.2) is 28.9 Å². The lowest BCUT2D eigenvalue weighted by Crippen LogP contribution is -2.54. The van der Waals surface area contributed by atoms with Crippen molar-refractivity contribution >= 4 is 79.0 Å². The number of amides is 4. The number of aromatic carboxylic acids is 1. The Labute approximate surface area is 226 Å². The number of ether oxygens (including phenoxy) is 1. The van der Waals surface area contributed by atoms with Gasteiger partial charge in [-0.2, -0.15) is 0 Å². The van der Waals surface area contributed by atoms with Gasteiger partial charge in [0.05, 0.1) is 20.2 Å². The van der Waals surface area contributed by atoms with Gasteiger partial charge in [0.25, 0.3) is 11.8 Å². The smallest absolute Gasteiger partial charge is 0.335 e. The first-order chi connectivity index (χ1) is 17.1. The number of barbiturate groups is 1. The van der Waals surface area contributed by atoms with Crippen LogP contribution in [0, 0.1) is 0 Å². The van der Waals surface area contributed by atoms with E-state index in [2.05, 4.69) is 37.2 Å². The van der Waals surface area contributed by atoms with E-state index in [4.69, 9.17) is 21.4 Å². The number of rotatable bonds is 6. The highest BCUT2D eigenvalue weighted by atomic mass is 79.9. The van der Waals surface area contributed by atoms with Gasteiger partial charge in [-0.15, -0.1) is 0 Å². The molecule has 8 nitrogen and oxygen atoms in total. The van der Waals surface area contributed by atoms with Crippen LogP contribution in [0.3, 0.4) is 0 Å². The highest BCUT2D eigenvalue weighted by Gasteiger charge is 2.36. The lowest BCUT2D eigenvalue weighted by Gasteiger charge is -2.26. The Hall–Kier alpha value is -3.47. The number of halogens is 3. The standard InChI is InChI=1S/C25H15Br2ClN2O6/c26-19-10-14(11-20(27)21(19)36-12-13-1-3-15(4-2-13)24(33)34)9-18-22(31)29-25(35)30(23(18)32)17-7-5-16(28)6-8-17/h1-11H,12H2,(H,33,34)(H,29,31,35)/b18-9+. The molecule has 2 N–H and O–H groups in total. The lowest BCUT2D eigenvalue weighted by atomic mass is 10.1. The third-order valence-electron chi connectivity index (χ3n) is 5.10. The van der Waals surface area contributed by atoms with Crippen LogP contribution in [0.4, 0.5) is 10.5 Å². The molecule has 4 rings (SSSR count). The molecule has 182 valence electrons. The van der Waals surface area contributed by atoms with E-state index >= 15 is 0 Å². The number of urea groups is 1. The van der Waals surface area contributed by atoms with Gasteiger partial charge in [0.1, 0.15) is 17.9 Å². The summed E-state index contributed by atoms with van der Waals surface area (Å²) in [5.74, 6) is -2.13. The molecule has 0 aliphatic carbocycles. The van der Waals surface area contributed by atoms with Crippen molar-refractivity contribution in [1.82, 2.24) is 5.32 Å². The highest BCUT2D eigenvalue weighted by molar-refractivity contribution is 9.11. The zero-order chi connectivity index (χ0) is 26.0. The number of carbonyl (C=O) groups is 4. The molecular formula is C25H15Br2ClN2O6. The highest BCUT2D eigenvalue weighted by Crippen LogP contribution is 2.36. The van der Waals surface area contributed by atoms with Crippen molar-refractivity contribution in [2.45, 2.75) is 6.61 Å². The van der Waals surface area contributed by atoms with Crippen LogP contribution in [0.25, 0.3) is 6.08 Å². The molecule has 0 atom stereocenters. The van der Waals surface area contributed by atoms with Gasteiger partial charge in [-0.3, -0.25) is 14.9 Å². The number of hydrogen-bond donors (Lipinski definition) is 2. The van der Waals surface area contributed by atoms with Crippen molar-refractivity contribution < 1.29 is 29.0 Å². The van der Waals surface area contributed by atoms with Crippen LogP contribution < -0.4 is 15.0 Å². The molecule has 0 saturated carbocycles. The molecule has 3 aromatic carbocycles. The summed E-state index contributed by atoms with van der Waals surface area (Å²) in [6.07, 6.45) is 1.37. The minimum Gasteiger partial charge on any atom is -0.487 e. The zero-order valence-electron chi connectivity index (χ0n) is 18.1. The first-order valence-corrected chi connectivity index (χ1v) is 12.2. The molecule has 1 heterocycles. The summed E-state index contributed by atoms with van der Waals surface area (Å²) < 4.78 is 6.95. The Kier molecular flexibility index (Phi) is 7.58. The largest absolute Gasteiger partial charge is 0.487 e. The summed E-state index contributed by atoms with van der Waals surface area (Å²) in [6.45, 7) is 0.177. The second kappa shape index (κ2) is 10.7. The minimum absolute atomic E-state index is 0.177. The maximum Gasteiger partial charge on any atom is 0.335 e. The Morgan fingerprint density at radius 1 is 1.00 bits per heavy atom. The van der Waals surface area contributed by atoms with E-state index in [-0.39, 0.29) is 23.4 Å². The van der Waals surface area contributed by atoms with Gasteiger partial charge in [-0.05, 0) is 97.6 Å². The molecule has 1 fully saturated rings. The molecule has 0 spiro atoms. The van der Waals surface area contributed by atoms with Gasteiger partial charge in [0, 0.05) is 5.02 Å². The van der Waals surface area contributed by atoms with Gasteiger partial charge in [-0.1, -0.05) is 23.7 Å². The predicted octanol–water partition coefficient (Wildman–Crippen LogP) is 5.81. The second-order valence-corrected chi connectivity index (χ2v) is 9.68. The molecule has 1 saturated heterocycles. The molecule has 0 aromatic heterocycles. The summed E-state index contributed by atoms with van der Waals surface area (Å²) >= 11 is 12.8. The molecule has 3 aromatic rings. The van der Waals surface area contributed by atoms with Gasteiger partial charge in [0.15, 0.2) is 0 Å². The molecule has 11 heteroatoms. The van der Waals surface area contributed by atoms with Crippen molar-refractivity contribution in [3.05, 3.63) is 96.9 Å². The average molecular weight is 635 g/mol. The predicted molar refractivity (Wildman–Crippen MR) is 140 cm³/mol. The average Bonchev–Trinajstić information content (AvgIpc) is 2.82. The Bertz CT molecular complexity index is 1400. The summed E-state index contributed by atoms with van der Waals surface area (Å²) in [5, 5.41) is 11.6. The van der Waals surface area contributed by atoms with E-state index in [1.165, 1.54) is 42.5 Å². The van der Waals surface area contributed by atoms with Gasteiger partial charge >= 0.3 is 12.0 Å². The van der Waals surface area contributed by atoms with Gasteiger partial charge in [0.2, 0.25) is 0 Å². The maximum absolute atomic E-state index is 13.1. The molecule has 0 unspecified atom stereocenters. The van der Waals surface area contributed by atoms with Crippen LogP contribution in [0.2, 0.25) is 5.02 Å². The molecule has 1 aliphatic heterocycles. The topological polar surface area (TPSA) is 113 Å². The number of carbonyl (C=O) groups excluding carboxylic acids is 3. The number of carboxylic acids is 1. The van der Waals surface area contributed by atoms with E-state index in [1.807, 2.05) is 0 Å². The normalized spacial score (nSPS) is 14.7. The van der Waals surface area contributed by atoms with Crippen LogP contribution >= 0.6 is 43.5 Å². The number of benzene rings is 3. The number of imide groups is 2. The minimum atomic E-state index is -1.01. The third-order valence-corrected chi connectivity index (χ3v) is 6.53. The van der Waals surface area contributed by atoms with Crippen molar-refractivity contribution in [3.8, 4) is 5.75 Å². The van der Waals surface area contributed by atoms with E-state index in [1.54, 1.807) is 24.3 Å². The Morgan fingerprint density at radius 3 is 2.19 bits per heavy atom. The molecule has 1 aliphatic rings. The summed E-state index contributed by atoms with van der Waals surface area (Å²) in [7, 11) is 0. The van der Waals surface area contributed by atoms with Crippen molar-refractivity contribution in [2.75, 3.05) is 4.90 Å². The van der Waals surface area contributed by atoms with Crippen LogP contribution in [0.1, 0.15) is 21.5 Å². The SMILES string of the molecule is O=C1NC(=O)N(c2ccc(Cl)cc2)C(=O)/C1=C/c1cc(Br)c(OCc2ccc(C(=O)O)cc2)c(Br)c1. The second-order valence-electron chi connectivity index (χ2n) is 7.54. The fourth-order valence-electron chi connectivity index (χ4n) is 3.35. The maximum atomic E-state index is 13.1. The monoisotopic (exact) mass is 632 g/mol. The lowest BCUT2D eigenvalue weighted by molar-refractivity contribution is -0.122. The molecule has 0 radical (unpaired) electrons. The number of anilines is 1. The molecule has 36 heavy (non-hydrogen) atoms. The molecular weight excluding hydrogens is 620 g/mol. The molecule has 0 bridgehead atoms. The quantitative estimate of drug-likeness (QED) is 0.262. The Morgan fingerprint density at radius 2 is 1.61 bits per heavy atom. The third kappa shape index (κ3) is 5.51.